The Morgan fingerprint density at radius 3 is 2.70 bits per heavy atom. The lowest BCUT2D eigenvalue weighted by Gasteiger charge is -2.06. The number of rotatable bonds is 3. The number of amides is 1. The third-order valence-electron chi connectivity index (χ3n) is 3.18. The number of nitrogens with one attached hydrogen (secondary N) is 2. The first-order valence-corrected chi connectivity index (χ1v) is 7.26. The average molecular weight is 352 g/mol. The first kappa shape index (κ1) is 15.4. The van der Waals surface area contributed by atoms with Crippen molar-refractivity contribution in [1.29, 1.82) is 0 Å². The van der Waals surface area contributed by atoms with Gasteiger partial charge in [0.25, 0.3) is 11.5 Å². The number of aromatic nitrogens is 3. The quantitative estimate of drug-likeness (QED) is 0.673. The van der Waals surface area contributed by atoms with Gasteiger partial charge in [0.2, 0.25) is 0 Å². The molecule has 0 aliphatic carbocycles. The van der Waals surface area contributed by atoms with Gasteiger partial charge in [-0.2, -0.15) is 4.52 Å². The van der Waals surface area contributed by atoms with E-state index in [0.29, 0.717) is 21.4 Å². The standard InChI is InChI=1S/C14H11Cl2N5O2/c1-6-4-10(22)21-14(18-6)11(12(17)23)13(20-21)19-7-2-3-8(15)9(16)5-7/h2-5,19-20H,1H3,(H2,17,23). The van der Waals surface area contributed by atoms with Gasteiger partial charge in [0.1, 0.15) is 11.4 Å². The number of aromatic amines is 1. The molecular formula is C14H11Cl2N5O2. The molecule has 0 atom stereocenters. The highest BCUT2D eigenvalue weighted by atomic mass is 35.5. The maximum absolute atomic E-state index is 12.0. The summed E-state index contributed by atoms with van der Waals surface area (Å²) >= 11 is 11.8. The molecule has 0 saturated heterocycles. The smallest absolute Gasteiger partial charge is 0.272 e. The molecular weight excluding hydrogens is 341 g/mol. The molecule has 2 heterocycles. The van der Waals surface area contributed by atoms with Gasteiger partial charge in [-0.1, -0.05) is 23.2 Å². The molecule has 0 bridgehead atoms. The third kappa shape index (κ3) is 2.76. The number of H-pyrrole nitrogens is 1. The minimum Gasteiger partial charge on any atom is -0.365 e. The number of primary amides is 1. The Labute approximate surface area is 140 Å². The van der Waals surface area contributed by atoms with E-state index in [4.69, 9.17) is 28.9 Å². The molecule has 7 nitrogen and oxygen atoms in total. The molecule has 0 unspecified atom stereocenters. The molecule has 1 aromatic carbocycles. The SMILES string of the molecule is Cc1cc(=O)n2[nH]c(Nc3ccc(Cl)c(Cl)c3)c(C(N)=O)c2n1. The number of benzene rings is 1. The summed E-state index contributed by atoms with van der Waals surface area (Å²) in [7, 11) is 0. The van der Waals surface area contributed by atoms with Crippen LogP contribution in [0.2, 0.25) is 10.0 Å². The van der Waals surface area contributed by atoms with Crippen LogP contribution in [-0.2, 0) is 0 Å². The number of carbonyl (C=O) groups excluding carboxylic acids is 1. The zero-order valence-corrected chi connectivity index (χ0v) is 13.4. The number of aryl methyl sites for hydroxylation is 1. The Hall–Kier alpha value is -2.51. The van der Waals surface area contributed by atoms with E-state index in [-0.39, 0.29) is 22.6 Å². The van der Waals surface area contributed by atoms with Crippen LogP contribution in [0.25, 0.3) is 5.65 Å². The summed E-state index contributed by atoms with van der Waals surface area (Å²) in [6.45, 7) is 1.66. The van der Waals surface area contributed by atoms with Gasteiger partial charge in [0, 0.05) is 17.4 Å². The topological polar surface area (TPSA) is 105 Å². The van der Waals surface area contributed by atoms with Crippen LogP contribution in [0.3, 0.4) is 0 Å². The predicted molar refractivity (Wildman–Crippen MR) is 88.8 cm³/mol. The Kier molecular flexibility index (Phi) is 3.75. The molecule has 0 spiro atoms. The van der Waals surface area contributed by atoms with Crippen molar-refractivity contribution in [3.8, 4) is 0 Å². The summed E-state index contributed by atoms with van der Waals surface area (Å²) in [5.41, 5.74) is 6.37. The Balaban J connectivity index is 2.18. The monoisotopic (exact) mass is 351 g/mol. The molecule has 9 heteroatoms. The molecule has 2 aromatic heterocycles. The van der Waals surface area contributed by atoms with E-state index in [1.165, 1.54) is 6.07 Å². The minimum absolute atomic E-state index is 0.0804. The van der Waals surface area contributed by atoms with Crippen LogP contribution in [0, 0.1) is 6.92 Å². The number of hydrogen-bond acceptors (Lipinski definition) is 4. The van der Waals surface area contributed by atoms with Gasteiger partial charge in [0.05, 0.1) is 10.0 Å². The van der Waals surface area contributed by atoms with Crippen molar-refractivity contribution in [3.63, 3.8) is 0 Å². The van der Waals surface area contributed by atoms with Crippen LogP contribution in [0.5, 0.6) is 0 Å². The lowest BCUT2D eigenvalue weighted by molar-refractivity contribution is 0.100. The summed E-state index contributed by atoms with van der Waals surface area (Å²) < 4.78 is 1.15. The van der Waals surface area contributed by atoms with Crippen molar-refractivity contribution in [2.24, 2.45) is 5.73 Å². The maximum atomic E-state index is 12.0. The molecule has 0 aliphatic rings. The molecule has 3 aromatic rings. The fraction of sp³-hybridized carbons (Fsp3) is 0.0714. The first-order chi connectivity index (χ1) is 10.9. The van der Waals surface area contributed by atoms with Crippen molar-refractivity contribution >= 4 is 46.3 Å². The van der Waals surface area contributed by atoms with Crippen molar-refractivity contribution < 1.29 is 4.79 Å². The van der Waals surface area contributed by atoms with Crippen LogP contribution in [0.1, 0.15) is 16.1 Å². The maximum Gasteiger partial charge on any atom is 0.272 e. The van der Waals surface area contributed by atoms with Crippen molar-refractivity contribution in [2.45, 2.75) is 6.92 Å². The summed E-state index contributed by atoms with van der Waals surface area (Å²) in [5.74, 6) is -0.477. The van der Waals surface area contributed by atoms with E-state index < -0.39 is 5.91 Å². The summed E-state index contributed by atoms with van der Waals surface area (Å²) in [5, 5.41) is 6.48. The fourth-order valence-corrected chi connectivity index (χ4v) is 2.49. The molecule has 3 rings (SSSR count). The Morgan fingerprint density at radius 2 is 2.04 bits per heavy atom. The van der Waals surface area contributed by atoms with Gasteiger partial charge in [-0.05, 0) is 25.1 Å². The molecule has 118 valence electrons. The molecule has 0 saturated carbocycles. The van der Waals surface area contributed by atoms with Gasteiger partial charge < -0.3 is 11.1 Å². The highest BCUT2D eigenvalue weighted by molar-refractivity contribution is 6.42. The van der Waals surface area contributed by atoms with Crippen LogP contribution in [0.15, 0.2) is 29.1 Å². The van der Waals surface area contributed by atoms with E-state index in [9.17, 15) is 9.59 Å². The second-order valence-corrected chi connectivity index (χ2v) is 5.69. The van der Waals surface area contributed by atoms with Crippen molar-refractivity contribution in [2.75, 3.05) is 5.32 Å². The first-order valence-electron chi connectivity index (χ1n) is 6.51. The van der Waals surface area contributed by atoms with Gasteiger partial charge in [-0.3, -0.25) is 14.7 Å². The molecule has 0 fully saturated rings. The highest BCUT2D eigenvalue weighted by Gasteiger charge is 2.19. The Bertz CT molecular complexity index is 993. The van der Waals surface area contributed by atoms with Gasteiger partial charge >= 0.3 is 0 Å². The Morgan fingerprint density at radius 1 is 1.30 bits per heavy atom. The molecule has 0 radical (unpaired) electrons. The van der Waals surface area contributed by atoms with Gasteiger partial charge in [0.15, 0.2) is 5.65 Å². The lowest BCUT2D eigenvalue weighted by atomic mass is 10.2. The van der Waals surface area contributed by atoms with E-state index >= 15 is 0 Å². The largest absolute Gasteiger partial charge is 0.365 e. The lowest BCUT2D eigenvalue weighted by Crippen LogP contribution is -2.16. The molecule has 1 amide bonds. The fourth-order valence-electron chi connectivity index (χ4n) is 2.19. The number of carbonyl (C=O) groups is 1. The third-order valence-corrected chi connectivity index (χ3v) is 3.92. The second kappa shape index (κ2) is 5.60. The zero-order chi connectivity index (χ0) is 16.7. The number of nitrogens with two attached hydrogens (primary N) is 1. The van der Waals surface area contributed by atoms with E-state index in [1.54, 1.807) is 25.1 Å². The molecule has 23 heavy (non-hydrogen) atoms. The van der Waals surface area contributed by atoms with Gasteiger partial charge in [-0.25, -0.2) is 4.98 Å². The van der Waals surface area contributed by atoms with Crippen LogP contribution in [-0.4, -0.2) is 20.5 Å². The van der Waals surface area contributed by atoms with Crippen molar-refractivity contribution in [3.05, 3.63) is 55.9 Å². The van der Waals surface area contributed by atoms with E-state index in [0.717, 1.165) is 4.52 Å². The van der Waals surface area contributed by atoms with Gasteiger partial charge in [-0.15, -0.1) is 0 Å². The van der Waals surface area contributed by atoms with Crippen LogP contribution in [0.4, 0.5) is 11.5 Å². The van der Waals surface area contributed by atoms with E-state index in [2.05, 4.69) is 15.4 Å². The van der Waals surface area contributed by atoms with Crippen LogP contribution >= 0.6 is 23.2 Å². The van der Waals surface area contributed by atoms with Crippen LogP contribution < -0.4 is 16.6 Å². The molecule has 4 N–H and O–H groups in total. The van der Waals surface area contributed by atoms with Crippen molar-refractivity contribution in [1.82, 2.24) is 14.6 Å². The number of fused-ring (bicyclic) bond motifs is 1. The predicted octanol–water partition coefficient (Wildman–Crippen LogP) is 2.48. The zero-order valence-electron chi connectivity index (χ0n) is 11.9. The van der Waals surface area contributed by atoms with E-state index in [1.807, 2.05) is 0 Å². The number of hydrogen-bond donors (Lipinski definition) is 3. The average Bonchev–Trinajstić information content (AvgIpc) is 2.81. The highest BCUT2D eigenvalue weighted by Crippen LogP contribution is 2.28. The normalized spacial score (nSPS) is 10.9. The number of nitrogens with zero attached hydrogens (tertiary/aromatic N) is 2. The summed E-state index contributed by atoms with van der Waals surface area (Å²) in [4.78, 5) is 28.0. The molecule has 0 aliphatic heterocycles. The summed E-state index contributed by atoms with van der Waals surface area (Å²) in [6, 6.07) is 6.21. The minimum atomic E-state index is -0.719. The number of halogens is 2. The summed E-state index contributed by atoms with van der Waals surface area (Å²) in [6.07, 6.45) is 0. The number of anilines is 2. The second-order valence-electron chi connectivity index (χ2n) is 4.87.